The molecular formula is C18H20O8. The lowest BCUT2D eigenvalue weighted by Crippen LogP contribution is -2.27. The Hall–Kier alpha value is -3.16. The van der Waals surface area contributed by atoms with E-state index in [1.807, 2.05) is 0 Å². The van der Waals surface area contributed by atoms with Gasteiger partial charge in [0.1, 0.15) is 11.6 Å². The van der Waals surface area contributed by atoms with Gasteiger partial charge in [0.2, 0.25) is 0 Å². The average molecular weight is 364 g/mol. The molecule has 0 N–H and O–H groups in total. The SMILES string of the molecule is C=CC(OC(=O)/C=C\C(=O)OC(C=C)C(=O)CC(C)=O)C(=O)CC(C)=O. The first-order valence-electron chi connectivity index (χ1n) is 7.49. The molecular weight excluding hydrogens is 344 g/mol. The largest absolute Gasteiger partial charge is 0.447 e. The van der Waals surface area contributed by atoms with Crippen LogP contribution in [0.4, 0.5) is 0 Å². The summed E-state index contributed by atoms with van der Waals surface area (Å²) in [6, 6.07) is 0. The number of carbonyl (C=O) groups is 6. The average Bonchev–Trinajstić information content (AvgIpc) is 2.54. The summed E-state index contributed by atoms with van der Waals surface area (Å²) in [6.07, 6.45) is -0.0302. The van der Waals surface area contributed by atoms with E-state index in [2.05, 4.69) is 13.2 Å². The number of hydrogen-bond donors (Lipinski definition) is 0. The fourth-order valence-electron chi connectivity index (χ4n) is 1.65. The highest BCUT2D eigenvalue weighted by Crippen LogP contribution is 2.04. The Morgan fingerprint density at radius 1 is 0.731 bits per heavy atom. The van der Waals surface area contributed by atoms with Crippen molar-refractivity contribution in [2.75, 3.05) is 0 Å². The maximum Gasteiger partial charge on any atom is 0.332 e. The van der Waals surface area contributed by atoms with Crippen molar-refractivity contribution in [1.82, 2.24) is 0 Å². The van der Waals surface area contributed by atoms with Crippen molar-refractivity contribution in [3.05, 3.63) is 37.5 Å². The van der Waals surface area contributed by atoms with E-state index in [0.29, 0.717) is 12.2 Å². The summed E-state index contributed by atoms with van der Waals surface area (Å²) in [5, 5.41) is 0. The number of rotatable bonds is 12. The van der Waals surface area contributed by atoms with Crippen LogP contribution in [0.2, 0.25) is 0 Å². The molecule has 0 bridgehead atoms. The molecule has 2 unspecified atom stereocenters. The van der Waals surface area contributed by atoms with Crippen LogP contribution in [0.25, 0.3) is 0 Å². The van der Waals surface area contributed by atoms with Crippen LogP contribution in [-0.4, -0.2) is 47.3 Å². The molecule has 0 amide bonds. The molecule has 0 aliphatic rings. The third-order valence-corrected chi connectivity index (χ3v) is 2.75. The zero-order chi connectivity index (χ0) is 20.3. The molecule has 0 aromatic carbocycles. The smallest absolute Gasteiger partial charge is 0.332 e. The predicted octanol–water partition coefficient (Wildman–Crippen LogP) is 0.835. The highest BCUT2D eigenvalue weighted by molar-refractivity contribution is 6.03. The first-order chi connectivity index (χ1) is 12.1. The Balaban J connectivity index is 4.72. The lowest BCUT2D eigenvalue weighted by Gasteiger charge is -2.11. The van der Waals surface area contributed by atoms with Crippen LogP contribution < -0.4 is 0 Å². The van der Waals surface area contributed by atoms with Crippen molar-refractivity contribution >= 4 is 35.1 Å². The van der Waals surface area contributed by atoms with Crippen molar-refractivity contribution in [3.8, 4) is 0 Å². The molecule has 0 radical (unpaired) electrons. The molecule has 8 nitrogen and oxygen atoms in total. The molecule has 0 saturated carbocycles. The number of ether oxygens (including phenoxy) is 2. The maximum absolute atomic E-state index is 11.6. The third-order valence-electron chi connectivity index (χ3n) is 2.75. The fourth-order valence-corrected chi connectivity index (χ4v) is 1.65. The minimum Gasteiger partial charge on any atom is -0.447 e. The molecule has 0 aliphatic carbocycles. The van der Waals surface area contributed by atoms with E-state index in [1.54, 1.807) is 0 Å². The highest BCUT2D eigenvalue weighted by atomic mass is 16.6. The van der Waals surface area contributed by atoms with E-state index in [9.17, 15) is 28.8 Å². The van der Waals surface area contributed by atoms with Gasteiger partial charge in [0.15, 0.2) is 23.8 Å². The van der Waals surface area contributed by atoms with Crippen molar-refractivity contribution < 1.29 is 38.2 Å². The van der Waals surface area contributed by atoms with Crippen LogP contribution in [0, 0.1) is 0 Å². The molecule has 140 valence electrons. The predicted molar refractivity (Wildman–Crippen MR) is 89.9 cm³/mol. The molecule has 0 aliphatic heterocycles. The van der Waals surface area contributed by atoms with Gasteiger partial charge in [-0.15, -0.1) is 0 Å². The van der Waals surface area contributed by atoms with Gasteiger partial charge in [0, 0.05) is 12.2 Å². The Morgan fingerprint density at radius 2 is 1.04 bits per heavy atom. The van der Waals surface area contributed by atoms with Gasteiger partial charge in [-0.2, -0.15) is 0 Å². The van der Waals surface area contributed by atoms with Gasteiger partial charge in [0.25, 0.3) is 0 Å². The lowest BCUT2D eigenvalue weighted by atomic mass is 10.1. The number of hydrogen-bond acceptors (Lipinski definition) is 8. The number of ketones is 4. The van der Waals surface area contributed by atoms with Crippen LogP contribution in [0.5, 0.6) is 0 Å². The second-order valence-electron chi connectivity index (χ2n) is 5.21. The minimum atomic E-state index is -1.33. The Morgan fingerprint density at radius 3 is 1.27 bits per heavy atom. The molecule has 0 heterocycles. The number of carbonyl (C=O) groups excluding carboxylic acids is 6. The summed E-state index contributed by atoms with van der Waals surface area (Å²) in [4.78, 5) is 68.3. The van der Waals surface area contributed by atoms with E-state index in [-0.39, 0.29) is 0 Å². The monoisotopic (exact) mass is 364 g/mol. The molecule has 2 atom stereocenters. The van der Waals surface area contributed by atoms with Crippen molar-refractivity contribution in [3.63, 3.8) is 0 Å². The maximum atomic E-state index is 11.6. The second kappa shape index (κ2) is 11.4. The van der Waals surface area contributed by atoms with Gasteiger partial charge in [-0.25, -0.2) is 9.59 Å². The van der Waals surface area contributed by atoms with E-state index >= 15 is 0 Å². The summed E-state index contributed by atoms with van der Waals surface area (Å²) in [6.45, 7) is 9.07. The van der Waals surface area contributed by atoms with Gasteiger partial charge in [-0.05, 0) is 26.0 Å². The number of esters is 2. The van der Waals surface area contributed by atoms with E-state index in [4.69, 9.17) is 9.47 Å². The normalized spacial score (nSPS) is 12.5. The first kappa shape index (κ1) is 22.8. The Labute approximate surface area is 150 Å². The summed E-state index contributed by atoms with van der Waals surface area (Å²) >= 11 is 0. The van der Waals surface area contributed by atoms with Gasteiger partial charge in [0.05, 0.1) is 12.8 Å². The van der Waals surface area contributed by atoms with E-state index in [1.165, 1.54) is 13.8 Å². The second-order valence-corrected chi connectivity index (χ2v) is 5.21. The zero-order valence-corrected chi connectivity index (χ0v) is 14.6. The quantitative estimate of drug-likeness (QED) is 0.216. The van der Waals surface area contributed by atoms with Crippen LogP contribution >= 0.6 is 0 Å². The Kier molecular flexibility index (Phi) is 10.0. The molecule has 0 fully saturated rings. The van der Waals surface area contributed by atoms with E-state index in [0.717, 1.165) is 12.2 Å². The van der Waals surface area contributed by atoms with Crippen LogP contribution in [0.3, 0.4) is 0 Å². The first-order valence-corrected chi connectivity index (χ1v) is 7.49. The minimum absolute atomic E-state index is 0.400. The van der Waals surface area contributed by atoms with Gasteiger partial charge in [-0.1, -0.05) is 13.2 Å². The van der Waals surface area contributed by atoms with Crippen LogP contribution in [0.15, 0.2) is 37.5 Å². The lowest BCUT2D eigenvalue weighted by molar-refractivity contribution is -0.149. The van der Waals surface area contributed by atoms with E-state index < -0.39 is 60.1 Å². The summed E-state index contributed by atoms with van der Waals surface area (Å²) < 4.78 is 9.52. The third kappa shape index (κ3) is 9.21. The molecule has 0 rings (SSSR count). The molecule has 26 heavy (non-hydrogen) atoms. The van der Waals surface area contributed by atoms with Crippen molar-refractivity contribution in [2.45, 2.75) is 38.9 Å². The Bertz CT molecular complexity index is 600. The highest BCUT2D eigenvalue weighted by Gasteiger charge is 2.21. The van der Waals surface area contributed by atoms with Gasteiger partial charge >= 0.3 is 11.9 Å². The molecule has 0 aromatic rings. The standard InChI is InChI=1S/C18H20O8/c1-5-15(13(21)9-11(3)19)25-17(23)7-8-18(24)26-16(6-2)14(22)10-12(4)20/h5-8,15-16H,1-2,9-10H2,3-4H3/b8-7-. The van der Waals surface area contributed by atoms with Crippen molar-refractivity contribution in [1.29, 1.82) is 0 Å². The molecule has 0 saturated heterocycles. The summed E-state index contributed by atoms with van der Waals surface area (Å²) in [5.41, 5.74) is 0. The molecule has 0 spiro atoms. The van der Waals surface area contributed by atoms with Gasteiger partial charge in [-0.3, -0.25) is 19.2 Å². The molecule has 8 heteroatoms. The zero-order valence-electron chi connectivity index (χ0n) is 14.6. The van der Waals surface area contributed by atoms with Crippen LogP contribution in [-0.2, 0) is 38.2 Å². The summed E-state index contributed by atoms with van der Waals surface area (Å²) in [7, 11) is 0. The van der Waals surface area contributed by atoms with Crippen molar-refractivity contribution in [2.24, 2.45) is 0 Å². The van der Waals surface area contributed by atoms with Gasteiger partial charge < -0.3 is 9.47 Å². The number of Topliss-reactive ketones (excluding diaryl/α,β-unsaturated/α-hetero) is 4. The van der Waals surface area contributed by atoms with Crippen LogP contribution in [0.1, 0.15) is 26.7 Å². The topological polar surface area (TPSA) is 121 Å². The summed E-state index contributed by atoms with van der Waals surface area (Å²) in [5.74, 6) is -4.20. The fraction of sp³-hybridized carbons (Fsp3) is 0.333. The molecule has 0 aromatic heterocycles.